The third-order valence-corrected chi connectivity index (χ3v) is 4.92. The van der Waals surface area contributed by atoms with Crippen molar-refractivity contribution in [3.05, 3.63) is 29.8 Å². The molecule has 1 aromatic carbocycles. The van der Waals surface area contributed by atoms with E-state index in [9.17, 15) is 4.79 Å². The maximum Gasteiger partial charge on any atom is 0.218 e. The SMILES string of the molecule is NC(=O)CCN1CCN(C[C@@H]2CCOc3ccccc3C2)CC1. The van der Waals surface area contributed by atoms with Crippen LogP contribution in [0.3, 0.4) is 0 Å². The molecule has 1 atom stereocenters. The normalized spacial score (nSPS) is 22.9. The molecule has 1 amide bonds. The maximum absolute atomic E-state index is 10.9. The number of piperazine rings is 1. The van der Waals surface area contributed by atoms with Crippen LogP contribution in [0.2, 0.25) is 0 Å². The topological polar surface area (TPSA) is 58.8 Å². The van der Waals surface area contributed by atoms with E-state index in [1.54, 1.807) is 0 Å². The molecule has 2 heterocycles. The first-order valence-electron chi connectivity index (χ1n) is 8.64. The van der Waals surface area contributed by atoms with Crippen molar-refractivity contribution < 1.29 is 9.53 Å². The summed E-state index contributed by atoms with van der Waals surface area (Å²) in [5.41, 5.74) is 6.57. The monoisotopic (exact) mass is 317 g/mol. The van der Waals surface area contributed by atoms with Gasteiger partial charge in [-0.25, -0.2) is 0 Å². The van der Waals surface area contributed by atoms with Crippen LogP contribution in [-0.2, 0) is 11.2 Å². The Morgan fingerprint density at radius 3 is 2.70 bits per heavy atom. The van der Waals surface area contributed by atoms with Crippen molar-refractivity contribution in [2.24, 2.45) is 11.7 Å². The largest absolute Gasteiger partial charge is 0.493 e. The van der Waals surface area contributed by atoms with Crippen LogP contribution in [0, 0.1) is 5.92 Å². The van der Waals surface area contributed by atoms with Gasteiger partial charge in [-0.1, -0.05) is 18.2 Å². The summed E-state index contributed by atoms with van der Waals surface area (Å²) in [6.45, 7) is 6.99. The second kappa shape index (κ2) is 7.79. The first-order valence-corrected chi connectivity index (χ1v) is 8.64. The molecule has 23 heavy (non-hydrogen) atoms. The Morgan fingerprint density at radius 2 is 1.91 bits per heavy atom. The number of hydrogen-bond donors (Lipinski definition) is 1. The summed E-state index contributed by atoms with van der Waals surface area (Å²) in [4.78, 5) is 15.8. The summed E-state index contributed by atoms with van der Waals surface area (Å²) < 4.78 is 5.87. The number of nitrogens with two attached hydrogens (primary N) is 1. The highest BCUT2D eigenvalue weighted by atomic mass is 16.5. The third kappa shape index (κ3) is 4.69. The standard InChI is InChI=1S/C18H27N3O2/c19-18(22)5-7-20-8-10-21(11-9-20)14-15-6-12-23-17-4-2-1-3-16(17)13-15/h1-4,15H,5-14H2,(H2,19,22)/t15-/m1/s1. The predicted molar refractivity (Wildman–Crippen MR) is 90.4 cm³/mol. The second-order valence-corrected chi connectivity index (χ2v) is 6.67. The number of benzene rings is 1. The molecule has 0 aromatic heterocycles. The molecule has 1 fully saturated rings. The van der Waals surface area contributed by atoms with Crippen molar-refractivity contribution in [2.45, 2.75) is 19.3 Å². The molecular formula is C18H27N3O2. The van der Waals surface area contributed by atoms with Gasteiger partial charge in [0.2, 0.25) is 5.91 Å². The van der Waals surface area contributed by atoms with Crippen LogP contribution in [0.5, 0.6) is 5.75 Å². The van der Waals surface area contributed by atoms with Gasteiger partial charge < -0.3 is 20.3 Å². The molecule has 2 aliphatic rings. The highest BCUT2D eigenvalue weighted by Crippen LogP contribution is 2.27. The molecule has 126 valence electrons. The van der Waals surface area contributed by atoms with Gasteiger partial charge >= 0.3 is 0 Å². The summed E-state index contributed by atoms with van der Waals surface area (Å²) in [6, 6.07) is 8.41. The van der Waals surface area contributed by atoms with Crippen LogP contribution in [0.25, 0.3) is 0 Å². The lowest BCUT2D eigenvalue weighted by Crippen LogP contribution is -2.48. The number of hydrogen-bond acceptors (Lipinski definition) is 4. The fourth-order valence-electron chi connectivity index (χ4n) is 3.55. The fraction of sp³-hybridized carbons (Fsp3) is 0.611. The zero-order valence-electron chi connectivity index (χ0n) is 13.7. The Labute approximate surface area is 138 Å². The average Bonchev–Trinajstić information content (AvgIpc) is 2.76. The number of fused-ring (bicyclic) bond motifs is 1. The molecule has 0 bridgehead atoms. The minimum Gasteiger partial charge on any atom is -0.493 e. The molecule has 2 N–H and O–H groups in total. The highest BCUT2D eigenvalue weighted by molar-refractivity contribution is 5.73. The van der Waals surface area contributed by atoms with Gasteiger partial charge in [-0.3, -0.25) is 4.79 Å². The Kier molecular flexibility index (Phi) is 5.51. The van der Waals surface area contributed by atoms with E-state index in [1.165, 1.54) is 5.56 Å². The van der Waals surface area contributed by atoms with Crippen molar-refractivity contribution in [1.29, 1.82) is 0 Å². The van der Waals surface area contributed by atoms with Gasteiger partial charge in [0.1, 0.15) is 5.75 Å². The fourth-order valence-corrected chi connectivity index (χ4v) is 3.55. The molecule has 5 nitrogen and oxygen atoms in total. The third-order valence-electron chi connectivity index (χ3n) is 4.92. The van der Waals surface area contributed by atoms with E-state index in [1.807, 2.05) is 6.07 Å². The van der Waals surface area contributed by atoms with Crippen LogP contribution in [0.15, 0.2) is 24.3 Å². The van der Waals surface area contributed by atoms with Crippen LogP contribution in [0.4, 0.5) is 0 Å². The van der Waals surface area contributed by atoms with E-state index in [4.69, 9.17) is 10.5 Å². The molecular weight excluding hydrogens is 290 g/mol. The number of para-hydroxylation sites is 1. The summed E-state index contributed by atoms with van der Waals surface area (Å²) in [5.74, 6) is 1.52. The molecule has 0 aliphatic carbocycles. The number of ether oxygens (including phenoxy) is 1. The molecule has 2 aliphatic heterocycles. The van der Waals surface area contributed by atoms with E-state index in [0.717, 1.165) is 64.5 Å². The Hall–Kier alpha value is -1.59. The van der Waals surface area contributed by atoms with Crippen molar-refractivity contribution in [1.82, 2.24) is 9.80 Å². The van der Waals surface area contributed by atoms with Gasteiger partial charge in [0.15, 0.2) is 0 Å². The lowest BCUT2D eigenvalue weighted by molar-refractivity contribution is -0.118. The number of carbonyl (C=O) groups excluding carboxylic acids is 1. The lowest BCUT2D eigenvalue weighted by atomic mass is 9.96. The van der Waals surface area contributed by atoms with Gasteiger partial charge in [0, 0.05) is 45.7 Å². The van der Waals surface area contributed by atoms with E-state index in [0.29, 0.717) is 12.3 Å². The first kappa shape index (κ1) is 16.3. The Balaban J connectivity index is 1.46. The minimum absolute atomic E-state index is 0.204. The molecule has 0 saturated carbocycles. The van der Waals surface area contributed by atoms with Crippen LogP contribution >= 0.6 is 0 Å². The number of rotatable bonds is 5. The lowest BCUT2D eigenvalue weighted by Gasteiger charge is -2.36. The number of primary amides is 1. The van der Waals surface area contributed by atoms with Crippen molar-refractivity contribution in [2.75, 3.05) is 45.9 Å². The summed E-state index contributed by atoms with van der Waals surface area (Å²) in [5, 5.41) is 0. The van der Waals surface area contributed by atoms with Crippen molar-refractivity contribution in [3.63, 3.8) is 0 Å². The number of carbonyl (C=O) groups is 1. The van der Waals surface area contributed by atoms with Gasteiger partial charge in [-0.05, 0) is 30.4 Å². The zero-order valence-corrected chi connectivity index (χ0v) is 13.7. The van der Waals surface area contributed by atoms with Crippen LogP contribution in [-0.4, -0.2) is 61.6 Å². The van der Waals surface area contributed by atoms with Crippen molar-refractivity contribution in [3.8, 4) is 5.75 Å². The smallest absolute Gasteiger partial charge is 0.218 e. The minimum atomic E-state index is -0.204. The molecule has 1 aromatic rings. The summed E-state index contributed by atoms with van der Waals surface area (Å²) >= 11 is 0. The summed E-state index contributed by atoms with van der Waals surface area (Å²) in [6.07, 6.45) is 2.70. The molecule has 3 rings (SSSR count). The Bertz CT molecular complexity index is 527. The maximum atomic E-state index is 10.9. The molecule has 0 spiro atoms. The quantitative estimate of drug-likeness (QED) is 0.884. The first-order chi connectivity index (χ1) is 11.2. The second-order valence-electron chi connectivity index (χ2n) is 6.67. The van der Waals surface area contributed by atoms with E-state index >= 15 is 0 Å². The highest BCUT2D eigenvalue weighted by Gasteiger charge is 2.23. The average molecular weight is 317 g/mol. The van der Waals surface area contributed by atoms with E-state index in [2.05, 4.69) is 28.0 Å². The predicted octanol–water partition coefficient (Wildman–Crippen LogP) is 1.12. The zero-order chi connectivity index (χ0) is 16.1. The molecule has 0 radical (unpaired) electrons. The van der Waals surface area contributed by atoms with Crippen molar-refractivity contribution >= 4 is 5.91 Å². The van der Waals surface area contributed by atoms with Gasteiger partial charge in [-0.15, -0.1) is 0 Å². The van der Waals surface area contributed by atoms with Crippen LogP contribution < -0.4 is 10.5 Å². The number of nitrogens with zero attached hydrogens (tertiary/aromatic N) is 2. The van der Waals surface area contributed by atoms with E-state index < -0.39 is 0 Å². The van der Waals surface area contributed by atoms with Crippen LogP contribution in [0.1, 0.15) is 18.4 Å². The molecule has 0 unspecified atom stereocenters. The van der Waals surface area contributed by atoms with E-state index in [-0.39, 0.29) is 5.91 Å². The summed E-state index contributed by atoms with van der Waals surface area (Å²) in [7, 11) is 0. The van der Waals surface area contributed by atoms with Gasteiger partial charge in [0.25, 0.3) is 0 Å². The number of amides is 1. The van der Waals surface area contributed by atoms with Gasteiger partial charge in [0.05, 0.1) is 6.61 Å². The molecule has 5 heteroatoms. The Morgan fingerprint density at radius 1 is 1.17 bits per heavy atom. The van der Waals surface area contributed by atoms with Gasteiger partial charge in [-0.2, -0.15) is 0 Å². The molecule has 1 saturated heterocycles.